The van der Waals surface area contributed by atoms with Gasteiger partial charge in [0.05, 0.1) is 5.75 Å². The quantitative estimate of drug-likeness (QED) is 0.759. The number of hydrogen-bond donors (Lipinski definition) is 0. The SMILES string of the molecule is CN(CCCS(=O)(=O)N(C)C)CC1Cc2ccccc2O1. The fourth-order valence-electron chi connectivity index (χ4n) is 2.49. The highest BCUT2D eigenvalue weighted by Gasteiger charge is 2.23. The first-order valence-corrected chi connectivity index (χ1v) is 8.83. The lowest BCUT2D eigenvalue weighted by molar-refractivity contribution is 0.169. The monoisotopic (exact) mass is 312 g/mol. The summed E-state index contributed by atoms with van der Waals surface area (Å²) < 4.78 is 30.6. The zero-order chi connectivity index (χ0) is 15.5. The van der Waals surface area contributed by atoms with E-state index in [1.54, 1.807) is 14.1 Å². The minimum absolute atomic E-state index is 0.165. The number of nitrogens with zero attached hydrogens (tertiary/aromatic N) is 2. The average Bonchev–Trinajstić information content (AvgIpc) is 2.80. The van der Waals surface area contributed by atoms with E-state index in [1.807, 2.05) is 25.2 Å². The molecule has 1 atom stereocenters. The Balaban J connectivity index is 1.73. The highest BCUT2D eigenvalue weighted by molar-refractivity contribution is 7.89. The number of likely N-dealkylation sites (N-methyl/N-ethyl adjacent to an activating group) is 1. The molecule has 1 aromatic rings. The molecule has 0 N–H and O–H groups in total. The Bertz CT molecular complexity index is 547. The highest BCUT2D eigenvalue weighted by Crippen LogP contribution is 2.28. The van der Waals surface area contributed by atoms with E-state index < -0.39 is 10.0 Å². The van der Waals surface area contributed by atoms with E-state index in [1.165, 1.54) is 9.87 Å². The van der Waals surface area contributed by atoms with Gasteiger partial charge in [-0.15, -0.1) is 0 Å². The Hall–Kier alpha value is -1.11. The first kappa shape index (κ1) is 16.3. The van der Waals surface area contributed by atoms with E-state index in [4.69, 9.17) is 4.74 Å². The second-order valence-electron chi connectivity index (χ2n) is 5.77. The van der Waals surface area contributed by atoms with Crippen molar-refractivity contribution in [2.24, 2.45) is 0 Å². The highest BCUT2D eigenvalue weighted by atomic mass is 32.2. The summed E-state index contributed by atoms with van der Waals surface area (Å²) in [5.74, 6) is 1.17. The van der Waals surface area contributed by atoms with Gasteiger partial charge in [0.2, 0.25) is 10.0 Å². The minimum Gasteiger partial charge on any atom is -0.488 e. The van der Waals surface area contributed by atoms with Gasteiger partial charge in [-0.3, -0.25) is 0 Å². The molecule has 21 heavy (non-hydrogen) atoms. The molecule has 0 aromatic heterocycles. The van der Waals surface area contributed by atoms with Crippen molar-refractivity contribution in [3.8, 4) is 5.75 Å². The Labute approximate surface area is 127 Å². The zero-order valence-corrected chi connectivity index (χ0v) is 13.8. The molecule has 0 fully saturated rings. The van der Waals surface area contributed by atoms with Gasteiger partial charge in [0.25, 0.3) is 0 Å². The predicted molar refractivity (Wildman–Crippen MR) is 84.1 cm³/mol. The van der Waals surface area contributed by atoms with Gasteiger partial charge < -0.3 is 9.64 Å². The molecule has 118 valence electrons. The van der Waals surface area contributed by atoms with Crippen molar-refractivity contribution in [2.75, 3.05) is 40.0 Å². The molecule has 0 saturated heterocycles. The fraction of sp³-hybridized carbons (Fsp3) is 0.600. The lowest BCUT2D eigenvalue weighted by Gasteiger charge is -2.21. The number of benzene rings is 1. The molecule has 0 spiro atoms. The number of fused-ring (bicyclic) bond motifs is 1. The molecule has 0 saturated carbocycles. The van der Waals surface area contributed by atoms with Gasteiger partial charge in [0.15, 0.2) is 0 Å². The van der Waals surface area contributed by atoms with Crippen molar-refractivity contribution in [1.82, 2.24) is 9.21 Å². The van der Waals surface area contributed by atoms with Crippen LogP contribution in [0, 0.1) is 0 Å². The Morgan fingerprint density at radius 1 is 1.24 bits per heavy atom. The number of ether oxygens (including phenoxy) is 1. The Kier molecular flexibility index (Phi) is 5.24. The maximum Gasteiger partial charge on any atom is 0.213 e. The van der Waals surface area contributed by atoms with E-state index in [0.717, 1.165) is 25.3 Å². The van der Waals surface area contributed by atoms with Gasteiger partial charge in [-0.1, -0.05) is 18.2 Å². The molecule has 2 rings (SSSR count). The molecular formula is C15H24N2O3S. The number of hydrogen-bond acceptors (Lipinski definition) is 4. The van der Waals surface area contributed by atoms with Crippen molar-refractivity contribution < 1.29 is 13.2 Å². The first-order chi connectivity index (χ1) is 9.88. The van der Waals surface area contributed by atoms with Crippen LogP contribution < -0.4 is 4.74 Å². The normalized spacial score (nSPS) is 18.0. The van der Waals surface area contributed by atoms with Gasteiger partial charge in [0, 0.05) is 27.1 Å². The van der Waals surface area contributed by atoms with Crippen LogP contribution in [0.4, 0.5) is 0 Å². The smallest absolute Gasteiger partial charge is 0.213 e. The van der Waals surface area contributed by atoms with Crippen molar-refractivity contribution in [1.29, 1.82) is 0 Å². The summed E-state index contributed by atoms with van der Waals surface area (Å²) in [4.78, 5) is 2.14. The number of para-hydroxylation sites is 1. The maximum absolute atomic E-state index is 11.7. The molecular weight excluding hydrogens is 288 g/mol. The standard InChI is InChI=1S/C15H24N2O3S/c1-16(2)21(18,19)10-6-9-17(3)12-14-11-13-7-4-5-8-15(13)20-14/h4-5,7-8,14H,6,9-12H2,1-3H3. The van der Waals surface area contributed by atoms with Crippen LogP contribution in [0.15, 0.2) is 24.3 Å². The van der Waals surface area contributed by atoms with Crippen LogP contribution in [-0.2, 0) is 16.4 Å². The summed E-state index contributed by atoms with van der Waals surface area (Å²) >= 11 is 0. The van der Waals surface area contributed by atoms with E-state index in [2.05, 4.69) is 11.0 Å². The summed E-state index contributed by atoms with van der Waals surface area (Å²) in [5, 5.41) is 0. The van der Waals surface area contributed by atoms with E-state index in [0.29, 0.717) is 6.42 Å². The Morgan fingerprint density at radius 2 is 1.95 bits per heavy atom. The van der Waals surface area contributed by atoms with Crippen molar-refractivity contribution in [2.45, 2.75) is 18.9 Å². The molecule has 1 heterocycles. The molecule has 6 heteroatoms. The first-order valence-electron chi connectivity index (χ1n) is 7.22. The topological polar surface area (TPSA) is 49.9 Å². The summed E-state index contributed by atoms with van der Waals surface area (Å²) in [5.41, 5.74) is 1.26. The van der Waals surface area contributed by atoms with Crippen molar-refractivity contribution in [3.05, 3.63) is 29.8 Å². The molecule has 1 aromatic carbocycles. The number of rotatable bonds is 7. The van der Waals surface area contributed by atoms with Crippen LogP contribution in [0.5, 0.6) is 5.75 Å². The Morgan fingerprint density at radius 3 is 2.62 bits per heavy atom. The van der Waals surface area contributed by atoms with Crippen LogP contribution in [-0.4, -0.2) is 63.7 Å². The molecule has 5 nitrogen and oxygen atoms in total. The molecule has 1 aliphatic heterocycles. The summed E-state index contributed by atoms with van der Waals surface area (Å²) in [7, 11) is 2.06. The maximum atomic E-state index is 11.7. The summed E-state index contributed by atoms with van der Waals surface area (Å²) in [6.45, 7) is 1.57. The van der Waals surface area contributed by atoms with Crippen molar-refractivity contribution in [3.63, 3.8) is 0 Å². The fourth-order valence-corrected chi connectivity index (χ4v) is 3.35. The van der Waals surface area contributed by atoms with E-state index in [-0.39, 0.29) is 11.9 Å². The van der Waals surface area contributed by atoms with Crippen LogP contribution in [0.25, 0.3) is 0 Å². The third-order valence-electron chi connectivity index (χ3n) is 3.73. The third kappa shape index (κ3) is 4.43. The average molecular weight is 312 g/mol. The zero-order valence-electron chi connectivity index (χ0n) is 12.9. The third-order valence-corrected chi connectivity index (χ3v) is 5.64. The lowest BCUT2D eigenvalue weighted by Crippen LogP contribution is -2.34. The molecule has 1 aliphatic rings. The van der Waals surface area contributed by atoms with Gasteiger partial charge in [-0.2, -0.15) is 0 Å². The summed E-state index contributed by atoms with van der Waals surface area (Å²) in [6.07, 6.45) is 1.73. The van der Waals surface area contributed by atoms with Crippen LogP contribution in [0.1, 0.15) is 12.0 Å². The largest absolute Gasteiger partial charge is 0.488 e. The van der Waals surface area contributed by atoms with E-state index >= 15 is 0 Å². The molecule has 0 aliphatic carbocycles. The van der Waals surface area contributed by atoms with Gasteiger partial charge >= 0.3 is 0 Å². The second-order valence-corrected chi connectivity index (χ2v) is 8.07. The van der Waals surface area contributed by atoms with Crippen LogP contribution in [0.2, 0.25) is 0 Å². The second kappa shape index (κ2) is 6.77. The molecule has 0 amide bonds. The van der Waals surface area contributed by atoms with Gasteiger partial charge in [0.1, 0.15) is 11.9 Å². The number of sulfonamides is 1. The predicted octanol–water partition coefficient (Wildman–Crippen LogP) is 1.20. The lowest BCUT2D eigenvalue weighted by atomic mass is 10.1. The molecule has 1 unspecified atom stereocenters. The summed E-state index contributed by atoms with van der Waals surface area (Å²) in [6, 6.07) is 8.11. The molecule has 0 bridgehead atoms. The van der Waals surface area contributed by atoms with E-state index in [9.17, 15) is 8.42 Å². The van der Waals surface area contributed by atoms with Gasteiger partial charge in [-0.25, -0.2) is 12.7 Å². The van der Waals surface area contributed by atoms with Crippen LogP contribution >= 0.6 is 0 Å². The minimum atomic E-state index is -3.09. The van der Waals surface area contributed by atoms with Crippen LogP contribution in [0.3, 0.4) is 0 Å². The van der Waals surface area contributed by atoms with Gasteiger partial charge in [-0.05, 0) is 31.6 Å². The van der Waals surface area contributed by atoms with Crippen molar-refractivity contribution >= 4 is 10.0 Å². The molecule has 0 radical (unpaired) electrons.